The van der Waals surface area contributed by atoms with Gasteiger partial charge in [-0.25, -0.2) is 4.79 Å². The van der Waals surface area contributed by atoms with Crippen LogP contribution in [0.15, 0.2) is 36.4 Å². The van der Waals surface area contributed by atoms with E-state index in [-0.39, 0.29) is 50.2 Å². The number of hydrogen-bond acceptors (Lipinski definition) is 10. The third-order valence-electron chi connectivity index (χ3n) is 8.39. The normalized spacial score (nSPS) is 22.0. The van der Waals surface area contributed by atoms with Crippen molar-refractivity contribution in [1.29, 1.82) is 0 Å². The summed E-state index contributed by atoms with van der Waals surface area (Å²) in [6, 6.07) is -0.820. The molecule has 13 N–H and O–H groups in total. The molecule has 51 heavy (non-hydrogen) atoms. The Morgan fingerprint density at radius 3 is 1.90 bits per heavy atom. The minimum atomic E-state index is -1.27. The van der Waals surface area contributed by atoms with Crippen molar-refractivity contribution in [2.24, 2.45) is 23.1 Å². The molecule has 5 amide bonds. The molecule has 1 aromatic rings. The van der Waals surface area contributed by atoms with Crippen LogP contribution >= 0.6 is 0 Å². The van der Waals surface area contributed by atoms with Gasteiger partial charge in [0.1, 0.15) is 36.0 Å². The van der Waals surface area contributed by atoms with E-state index in [1.807, 2.05) is 13.8 Å². The Labute approximate surface area is 299 Å². The molecule has 6 atom stereocenters. The SMILES string of the molecule is CC(C)C[C@H](NC(=O)[C@H](Cc1ccc(O)cc1)NC(=O)[C@@H]1C/C=C/C[C@H](N)C(=O)N[C@@H](CCCCN)C(=O)N[C@@H](CCCCN)C(=O)N1)C(=O)O. The molecule has 0 aromatic heterocycles. The first-order valence-corrected chi connectivity index (χ1v) is 17.6. The third kappa shape index (κ3) is 15.5. The number of rotatable bonds is 17. The smallest absolute Gasteiger partial charge is 0.326 e. The summed E-state index contributed by atoms with van der Waals surface area (Å²) in [7, 11) is 0. The Bertz CT molecular complexity index is 1340. The Hall–Kier alpha value is -4.54. The predicted octanol–water partition coefficient (Wildman–Crippen LogP) is -0.575. The van der Waals surface area contributed by atoms with Gasteiger partial charge in [0.05, 0.1) is 6.04 Å². The molecule has 1 aliphatic rings. The highest BCUT2D eigenvalue weighted by molar-refractivity contribution is 5.96. The van der Waals surface area contributed by atoms with E-state index in [2.05, 4.69) is 26.6 Å². The summed E-state index contributed by atoms with van der Waals surface area (Å²) in [5.74, 6) is -4.59. The monoisotopic (exact) mass is 716 g/mol. The van der Waals surface area contributed by atoms with Crippen molar-refractivity contribution >= 4 is 35.5 Å². The molecule has 284 valence electrons. The summed E-state index contributed by atoms with van der Waals surface area (Å²) in [6.45, 7) is 4.39. The van der Waals surface area contributed by atoms with Crippen molar-refractivity contribution in [3.8, 4) is 5.75 Å². The van der Waals surface area contributed by atoms with E-state index in [0.717, 1.165) is 0 Å². The first-order chi connectivity index (χ1) is 24.2. The van der Waals surface area contributed by atoms with Crippen LogP contribution in [0, 0.1) is 5.92 Å². The summed E-state index contributed by atoms with van der Waals surface area (Å²) < 4.78 is 0. The van der Waals surface area contributed by atoms with Gasteiger partial charge in [0.15, 0.2) is 0 Å². The predicted molar refractivity (Wildman–Crippen MR) is 191 cm³/mol. The van der Waals surface area contributed by atoms with Crippen LogP contribution in [0.2, 0.25) is 0 Å². The Balaban J connectivity index is 2.43. The highest BCUT2D eigenvalue weighted by Crippen LogP contribution is 2.14. The van der Waals surface area contributed by atoms with Crippen molar-refractivity contribution in [3.63, 3.8) is 0 Å². The van der Waals surface area contributed by atoms with Crippen LogP contribution in [-0.2, 0) is 35.2 Å². The van der Waals surface area contributed by atoms with Gasteiger partial charge >= 0.3 is 5.97 Å². The van der Waals surface area contributed by atoms with E-state index in [9.17, 15) is 39.0 Å². The molecule has 2 rings (SSSR count). The molecular formula is C35H56N8O8. The van der Waals surface area contributed by atoms with E-state index in [1.54, 1.807) is 24.3 Å². The van der Waals surface area contributed by atoms with Crippen LogP contribution in [0.4, 0.5) is 0 Å². The summed E-state index contributed by atoms with van der Waals surface area (Å²) in [5, 5.41) is 32.8. The number of nitrogens with one attached hydrogen (secondary N) is 5. The van der Waals surface area contributed by atoms with Gasteiger partial charge < -0.3 is 54.0 Å². The molecule has 0 saturated carbocycles. The van der Waals surface area contributed by atoms with Gasteiger partial charge in [-0.3, -0.25) is 24.0 Å². The topological polar surface area (TPSA) is 281 Å². The number of hydrogen-bond donors (Lipinski definition) is 10. The number of carboxylic acids is 1. The number of aromatic hydroxyl groups is 1. The number of phenols is 1. The number of carbonyl (C=O) groups excluding carboxylic acids is 5. The fourth-order valence-electron chi connectivity index (χ4n) is 5.47. The van der Waals surface area contributed by atoms with Crippen molar-refractivity contribution < 1.29 is 39.0 Å². The van der Waals surface area contributed by atoms with Gasteiger partial charge in [-0.2, -0.15) is 0 Å². The minimum absolute atomic E-state index is 0.00641. The van der Waals surface area contributed by atoms with Gasteiger partial charge in [0, 0.05) is 6.42 Å². The molecule has 1 heterocycles. The van der Waals surface area contributed by atoms with Crippen molar-refractivity contribution in [2.75, 3.05) is 13.1 Å². The number of carbonyl (C=O) groups is 6. The first-order valence-electron chi connectivity index (χ1n) is 17.6. The van der Waals surface area contributed by atoms with E-state index in [4.69, 9.17) is 17.2 Å². The van der Waals surface area contributed by atoms with Gasteiger partial charge in [-0.15, -0.1) is 0 Å². The molecule has 0 radical (unpaired) electrons. The summed E-state index contributed by atoms with van der Waals surface area (Å²) >= 11 is 0. The standard InChI is InChI=1S/C35H56N8O8/c1-21(2)19-29(35(50)51)43-34(49)28(20-22-13-15-23(44)16-14-22)42-33(48)26-10-4-3-9-24(38)30(45)39-25(11-5-7-17-36)31(46)41-27(32(47)40-26)12-6-8-18-37/h3-4,13-16,21,24-29,44H,5-12,17-20,36-38H2,1-2H3,(H,39,45)(H,40,47)(H,41,46)(H,42,48)(H,43,49)(H,50,51)/b4-3+/t24-,25-,26-,27-,28-,29-/m0/s1. The molecule has 0 bridgehead atoms. The Morgan fingerprint density at radius 2 is 1.35 bits per heavy atom. The van der Waals surface area contributed by atoms with Crippen molar-refractivity contribution in [3.05, 3.63) is 42.0 Å². The van der Waals surface area contributed by atoms with Crippen LogP contribution in [0.1, 0.15) is 77.2 Å². The van der Waals surface area contributed by atoms with Crippen LogP contribution in [0.25, 0.3) is 0 Å². The molecular weight excluding hydrogens is 660 g/mol. The fraction of sp³-hybridized carbons (Fsp3) is 0.600. The van der Waals surface area contributed by atoms with Gasteiger partial charge in [0.25, 0.3) is 0 Å². The average Bonchev–Trinajstić information content (AvgIpc) is 3.08. The molecule has 0 unspecified atom stereocenters. The van der Waals surface area contributed by atoms with E-state index < -0.39 is 71.8 Å². The molecule has 0 saturated heterocycles. The average molecular weight is 717 g/mol. The van der Waals surface area contributed by atoms with E-state index >= 15 is 0 Å². The zero-order valence-electron chi connectivity index (χ0n) is 29.6. The van der Waals surface area contributed by atoms with Crippen LogP contribution < -0.4 is 43.8 Å². The second-order valence-electron chi connectivity index (χ2n) is 13.3. The molecule has 1 aliphatic heterocycles. The highest BCUT2D eigenvalue weighted by Gasteiger charge is 2.33. The van der Waals surface area contributed by atoms with Crippen LogP contribution in [0.5, 0.6) is 5.75 Å². The molecule has 0 aliphatic carbocycles. The van der Waals surface area contributed by atoms with Crippen molar-refractivity contribution in [1.82, 2.24) is 26.6 Å². The van der Waals surface area contributed by atoms with Crippen LogP contribution in [0.3, 0.4) is 0 Å². The maximum Gasteiger partial charge on any atom is 0.326 e. The second-order valence-corrected chi connectivity index (χ2v) is 13.3. The number of nitrogens with two attached hydrogens (primary N) is 3. The summed E-state index contributed by atoms with van der Waals surface area (Å²) in [6.07, 6.45) is 5.95. The Morgan fingerprint density at radius 1 is 0.804 bits per heavy atom. The lowest BCUT2D eigenvalue weighted by atomic mass is 10.0. The fourth-order valence-corrected chi connectivity index (χ4v) is 5.47. The maximum atomic E-state index is 13.9. The Kier molecular flexibility index (Phi) is 18.7. The minimum Gasteiger partial charge on any atom is -0.508 e. The lowest BCUT2D eigenvalue weighted by Crippen LogP contribution is -2.59. The second kappa shape index (κ2) is 22.3. The molecule has 0 spiro atoms. The van der Waals surface area contributed by atoms with Gasteiger partial charge in [0.2, 0.25) is 29.5 Å². The zero-order chi connectivity index (χ0) is 37.9. The quantitative estimate of drug-likeness (QED) is 0.0719. The van der Waals surface area contributed by atoms with Crippen molar-refractivity contribution in [2.45, 2.75) is 114 Å². The number of aliphatic carboxylic acids is 1. The number of amides is 5. The van der Waals surface area contributed by atoms with Gasteiger partial charge in [-0.05, 0) is 94.5 Å². The number of carboxylic acid groups (broad SMARTS) is 1. The lowest BCUT2D eigenvalue weighted by molar-refractivity contribution is -0.142. The summed E-state index contributed by atoms with van der Waals surface area (Å²) in [4.78, 5) is 79.5. The summed E-state index contributed by atoms with van der Waals surface area (Å²) in [5.41, 5.74) is 18.0. The highest BCUT2D eigenvalue weighted by atomic mass is 16.4. The zero-order valence-corrected chi connectivity index (χ0v) is 29.6. The maximum absolute atomic E-state index is 13.9. The number of unbranched alkanes of at least 4 members (excludes halogenated alkanes) is 2. The number of phenolic OH excluding ortho intramolecular Hbond substituents is 1. The molecule has 0 fully saturated rings. The number of benzene rings is 1. The van der Waals surface area contributed by atoms with E-state index in [1.165, 1.54) is 12.1 Å². The third-order valence-corrected chi connectivity index (χ3v) is 8.39. The van der Waals surface area contributed by atoms with E-state index in [0.29, 0.717) is 44.3 Å². The molecule has 1 aromatic carbocycles. The van der Waals surface area contributed by atoms with Gasteiger partial charge in [-0.1, -0.05) is 38.1 Å². The molecule has 16 nitrogen and oxygen atoms in total. The lowest BCUT2D eigenvalue weighted by Gasteiger charge is -2.27. The van der Waals surface area contributed by atoms with Crippen LogP contribution in [-0.4, -0.2) is 95.1 Å². The largest absolute Gasteiger partial charge is 0.508 e. The molecule has 16 heteroatoms. The first kappa shape index (κ1) is 42.6.